The molecule has 2 aromatic rings. The van der Waals surface area contributed by atoms with E-state index in [1.807, 2.05) is 22.6 Å². The van der Waals surface area contributed by atoms with Crippen LogP contribution in [0.4, 0.5) is 13.2 Å². The van der Waals surface area contributed by atoms with Gasteiger partial charge in [0.05, 0.1) is 5.69 Å². The van der Waals surface area contributed by atoms with Crippen molar-refractivity contribution < 1.29 is 13.2 Å². The number of halogens is 4. The second kappa shape index (κ2) is 5.08. The predicted octanol–water partition coefficient (Wildman–Crippen LogP) is 2.16. The van der Waals surface area contributed by atoms with E-state index in [0.717, 1.165) is 10.6 Å². The van der Waals surface area contributed by atoms with Crippen LogP contribution in [0.1, 0.15) is 5.69 Å². The molecule has 2 rings (SSSR count). The molecule has 1 heterocycles. The molecule has 8 heteroatoms. The van der Waals surface area contributed by atoms with Gasteiger partial charge in [-0.15, -0.1) is 0 Å². The van der Waals surface area contributed by atoms with Gasteiger partial charge in [-0.05, 0) is 46.9 Å². The molecule has 0 saturated heterocycles. The molecule has 0 aliphatic heterocycles. The lowest BCUT2D eigenvalue weighted by Gasteiger charge is -2.13. The summed E-state index contributed by atoms with van der Waals surface area (Å²) in [4.78, 5) is 23.8. The van der Waals surface area contributed by atoms with Crippen molar-refractivity contribution in [3.8, 4) is 5.69 Å². The Labute approximate surface area is 124 Å². The topological polar surface area (TPSA) is 44.0 Å². The molecule has 0 unspecified atom stereocenters. The third kappa shape index (κ3) is 2.65. The van der Waals surface area contributed by atoms with Gasteiger partial charge in [-0.1, -0.05) is 0 Å². The first kappa shape index (κ1) is 14.8. The molecule has 0 fully saturated rings. The molecule has 0 saturated carbocycles. The Balaban J connectivity index is 2.75. The van der Waals surface area contributed by atoms with E-state index in [4.69, 9.17) is 0 Å². The number of alkyl halides is 3. The summed E-state index contributed by atoms with van der Waals surface area (Å²) in [5, 5.41) is 0. The Morgan fingerprint density at radius 2 is 1.65 bits per heavy atom. The van der Waals surface area contributed by atoms with E-state index in [9.17, 15) is 22.8 Å². The monoisotopic (exact) mass is 396 g/mol. The van der Waals surface area contributed by atoms with Crippen molar-refractivity contribution in [3.05, 3.63) is 60.4 Å². The fourth-order valence-electron chi connectivity index (χ4n) is 1.73. The van der Waals surface area contributed by atoms with Gasteiger partial charge in [0.2, 0.25) is 0 Å². The summed E-state index contributed by atoms with van der Waals surface area (Å²) in [5.41, 5.74) is -3.09. The van der Waals surface area contributed by atoms with Crippen molar-refractivity contribution in [2.75, 3.05) is 0 Å². The first-order valence-electron chi connectivity index (χ1n) is 5.38. The Bertz CT molecular complexity index is 760. The molecule has 20 heavy (non-hydrogen) atoms. The van der Waals surface area contributed by atoms with E-state index >= 15 is 0 Å². The van der Waals surface area contributed by atoms with E-state index in [0.29, 0.717) is 15.2 Å². The zero-order valence-corrected chi connectivity index (χ0v) is 12.3. The molecule has 0 amide bonds. The van der Waals surface area contributed by atoms with E-state index in [2.05, 4.69) is 0 Å². The highest BCUT2D eigenvalue weighted by molar-refractivity contribution is 14.1. The van der Waals surface area contributed by atoms with Gasteiger partial charge >= 0.3 is 11.9 Å². The average molecular weight is 396 g/mol. The predicted molar refractivity (Wildman–Crippen MR) is 75.0 cm³/mol. The van der Waals surface area contributed by atoms with Crippen LogP contribution in [0, 0.1) is 3.57 Å². The van der Waals surface area contributed by atoms with Gasteiger partial charge in [0.25, 0.3) is 5.56 Å². The minimum absolute atomic E-state index is 0.227. The van der Waals surface area contributed by atoms with E-state index in [-0.39, 0.29) is 5.69 Å². The normalized spacial score (nSPS) is 11.7. The van der Waals surface area contributed by atoms with Crippen molar-refractivity contribution in [2.24, 2.45) is 7.05 Å². The molecule has 0 spiro atoms. The van der Waals surface area contributed by atoms with Crippen LogP contribution in [0.15, 0.2) is 39.9 Å². The van der Waals surface area contributed by atoms with Crippen LogP contribution >= 0.6 is 22.6 Å². The Hall–Kier alpha value is -1.58. The molecule has 4 nitrogen and oxygen atoms in total. The molecule has 0 N–H and O–H groups in total. The van der Waals surface area contributed by atoms with Crippen molar-refractivity contribution in [3.63, 3.8) is 0 Å². The number of hydrogen-bond donors (Lipinski definition) is 0. The number of rotatable bonds is 1. The van der Waals surface area contributed by atoms with Crippen LogP contribution in [-0.2, 0) is 13.2 Å². The molecule has 1 aromatic carbocycles. The lowest BCUT2D eigenvalue weighted by atomic mass is 10.3. The maximum Gasteiger partial charge on any atom is 0.431 e. The molecule has 0 aliphatic rings. The van der Waals surface area contributed by atoms with Crippen molar-refractivity contribution in [2.45, 2.75) is 6.18 Å². The van der Waals surface area contributed by atoms with Crippen LogP contribution in [0.5, 0.6) is 0 Å². The summed E-state index contributed by atoms with van der Waals surface area (Å²) in [6.07, 6.45) is -4.75. The lowest BCUT2D eigenvalue weighted by molar-refractivity contribution is -0.144. The summed E-state index contributed by atoms with van der Waals surface area (Å²) in [6.45, 7) is 0. The molecule has 1 aromatic heterocycles. The molecule has 106 valence electrons. The summed E-state index contributed by atoms with van der Waals surface area (Å²) >= 11 is 2.04. The average Bonchev–Trinajstić information content (AvgIpc) is 2.35. The molecule has 0 radical (unpaired) electrons. The minimum Gasteiger partial charge on any atom is -0.292 e. The van der Waals surface area contributed by atoms with Gasteiger partial charge in [0, 0.05) is 16.7 Å². The van der Waals surface area contributed by atoms with Crippen molar-refractivity contribution >= 4 is 22.6 Å². The lowest BCUT2D eigenvalue weighted by Crippen LogP contribution is -2.40. The van der Waals surface area contributed by atoms with Crippen molar-refractivity contribution in [1.29, 1.82) is 0 Å². The molecule has 0 aliphatic carbocycles. The Morgan fingerprint density at radius 1 is 1.10 bits per heavy atom. The highest BCUT2D eigenvalue weighted by Gasteiger charge is 2.35. The first-order chi connectivity index (χ1) is 9.21. The summed E-state index contributed by atoms with van der Waals surface area (Å²) < 4.78 is 40.1. The van der Waals surface area contributed by atoms with Gasteiger partial charge in [-0.2, -0.15) is 13.2 Å². The molecule has 0 bridgehead atoms. The van der Waals surface area contributed by atoms with Gasteiger partial charge in [-0.3, -0.25) is 9.36 Å². The van der Waals surface area contributed by atoms with Crippen LogP contribution in [-0.4, -0.2) is 9.13 Å². The quantitative estimate of drug-likeness (QED) is 0.694. The second-order valence-electron chi connectivity index (χ2n) is 4.02. The minimum atomic E-state index is -4.75. The fraction of sp³-hybridized carbons (Fsp3) is 0.167. The summed E-state index contributed by atoms with van der Waals surface area (Å²) in [5.74, 6) is 0. The maximum atomic E-state index is 12.7. The zero-order valence-electron chi connectivity index (χ0n) is 10.1. The van der Waals surface area contributed by atoms with Crippen LogP contribution < -0.4 is 11.2 Å². The van der Waals surface area contributed by atoms with E-state index in [1.54, 1.807) is 12.1 Å². The summed E-state index contributed by atoms with van der Waals surface area (Å²) in [7, 11) is 0.980. The Kier molecular flexibility index (Phi) is 3.76. The van der Waals surface area contributed by atoms with Crippen LogP contribution in [0.25, 0.3) is 5.69 Å². The molecule has 0 atom stereocenters. The maximum absolute atomic E-state index is 12.7. The SMILES string of the molecule is Cn1c(C(F)(F)F)cc(=O)n(-c2ccc(I)cc2)c1=O. The highest BCUT2D eigenvalue weighted by Crippen LogP contribution is 2.26. The number of aromatic nitrogens is 2. The largest absolute Gasteiger partial charge is 0.431 e. The van der Waals surface area contributed by atoms with Crippen molar-refractivity contribution in [1.82, 2.24) is 9.13 Å². The number of hydrogen-bond acceptors (Lipinski definition) is 2. The van der Waals surface area contributed by atoms with E-state index < -0.39 is 23.1 Å². The number of nitrogens with zero attached hydrogens (tertiary/aromatic N) is 2. The smallest absolute Gasteiger partial charge is 0.292 e. The van der Waals surface area contributed by atoms with Crippen LogP contribution in [0.3, 0.4) is 0 Å². The van der Waals surface area contributed by atoms with Crippen LogP contribution in [0.2, 0.25) is 0 Å². The first-order valence-corrected chi connectivity index (χ1v) is 6.46. The molecular formula is C12H8F3IN2O2. The number of benzene rings is 1. The standard InChI is InChI=1S/C12H8F3IN2O2/c1-17-9(12(13,14)15)6-10(19)18(11(17)20)8-4-2-7(16)3-5-8/h2-6H,1H3. The Morgan fingerprint density at radius 3 is 2.15 bits per heavy atom. The zero-order chi connectivity index (χ0) is 15.1. The van der Waals surface area contributed by atoms with E-state index in [1.165, 1.54) is 12.1 Å². The van der Waals surface area contributed by atoms with Gasteiger partial charge in [-0.25, -0.2) is 9.36 Å². The summed E-state index contributed by atoms with van der Waals surface area (Å²) in [6, 6.07) is 6.72. The third-order valence-electron chi connectivity index (χ3n) is 2.70. The fourth-order valence-corrected chi connectivity index (χ4v) is 2.09. The van der Waals surface area contributed by atoms with Gasteiger partial charge < -0.3 is 0 Å². The third-order valence-corrected chi connectivity index (χ3v) is 3.41. The van der Waals surface area contributed by atoms with Gasteiger partial charge in [0.1, 0.15) is 5.69 Å². The molecular weight excluding hydrogens is 388 g/mol. The second-order valence-corrected chi connectivity index (χ2v) is 5.26. The van der Waals surface area contributed by atoms with Gasteiger partial charge in [0.15, 0.2) is 0 Å². The highest BCUT2D eigenvalue weighted by atomic mass is 127.